The number of unbranched alkanes of at least 4 members (excludes halogenated alkanes) is 5. The Kier molecular flexibility index (Phi) is 269. The van der Waals surface area contributed by atoms with Crippen molar-refractivity contribution in [2.24, 2.45) is 28.7 Å². The van der Waals surface area contributed by atoms with Gasteiger partial charge in [-0.3, -0.25) is 4.79 Å². The summed E-state index contributed by atoms with van der Waals surface area (Å²) in [5.41, 5.74) is 26.0. The summed E-state index contributed by atoms with van der Waals surface area (Å²) >= 11 is 19.7. The number of thioether (sulfide) groups is 2. The first-order chi connectivity index (χ1) is 57.9. The van der Waals surface area contributed by atoms with E-state index in [-0.39, 0.29) is 25.7 Å². The van der Waals surface area contributed by atoms with E-state index in [0.717, 1.165) is 205 Å². The normalized spacial score (nSPS) is 9.83. The van der Waals surface area contributed by atoms with Crippen LogP contribution in [0, 0.1) is 0 Å². The number of thiol groups is 4. The number of aliphatic hydroxyl groups is 6. The lowest BCUT2D eigenvalue weighted by Gasteiger charge is -2.20. The number of ether oxygens (including phenoxy) is 9. The maximum Gasteiger partial charge on any atom is 0.303 e. The number of nitrogens with two attached hydrogens (primary N) is 5. The number of likely N-dealkylation sites (N-methyl/N-ethyl adjacent to an activating group) is 3. The standard InChI is InChI=1S/C9H23N3.C8H20N2.C7H17NO2.C7H16O3.C7H16O2S.C6H15N.C5H13NO.C5H12O2.2C5H12OS.C5H12S2.C4H10O.C3H9N.C3H6O2.2C3H8O.C3H8S/c1-10(2)6-8-12(5)9-7-11(3)4;1-2-7-10-8-5-3-4-6-9;2*1-2-4-9-6-7-10-5-3-8;1-2-3-8-4-5-9-6-7-10;1-2-3-4-5-6-7;3*1-2-4-7-5-3-6;1-2-3-6-4-5-7;1-2-4-7-5-3-6;1-3-4(2)5;1-2-3-4;1-2-3(4)5;3*1-2-3-4/h6-9H2,1-5H3;10H,2-9H2,1H3;2-8H2,1H3;8H,2-7H2,1H3;10H,2-7H2,1H3;2-7H2,1H3;2-6H2,1H3;2*6H,2-5H2,1H3;7H,2-5H2,1H3;6H,2-5H2,1H3;4-5H,3H2,1-2H3;2-4H2,1H3;2H2,1H3,(H,4,5);3*4H,2-3H2,1H3. The summed E-state index contributed by atoms with van der Waals surface area (Å²) in [7, 11) is 10.6. The van der Waals surface area contributed by atoms with E-state index >= 15 is 0 Å². The molecule has 0 aliphatic carbocycles. The van der Waals surface area contributed by atoms with Crippen LogP contribution in [-0.2, 0) is 47.4 Å². The lowest BCUT2D eigenvalue weighted by atomic mass is 10.2. The number of carboxylic acids is 1. The largest absolute Gasteiger partial charge is 0.481 e. The van der Waals surface area contributed by atoms with Crippen molar-refractivity contribution >= 4 is 80.0 Å². The van der Waals surface area contributed by atoms with Gasteiger partial charge in [0.2, 0.25) is 0 Å². The maximum absolute atomic E-state index is 9.37. The van der Waals surface area contributed by atoms with Crippen LogP contribution in [0.15, 0.2) is 0 Å². The summed E-state index contributed by atoms with van der Waals surface area (Å²) in [5, 5.41) is 59.9. The third-order valence-electron chi connectivity index (χ3n) is 12.1. The molecule has 0 saturated carbocycles. The molecule has 32 heteroatoms. The van der Waals surface area contributed by atoms with Gasteiger partial charge in [0, 0.05) is 122 Å². The van der Waals surface area contributed by atoms with Crippen LogP contribution in [0.25, 0.3) is 0 Å². The highest BCUT2D eigenvalue weighted by Crippen LogP contribution is 2.01. The van der Waals surface area contributed by atoms with Crippen molar-refractivity contribution in [2.45, 2.75) is 265 Å². The Bertz CT molecular complexity index is 1140. The summed E-state index contributed by atoms with van der Waals surface area (Å²) in [4.78, 5) is 16.2. The van der Waals surface area contributed by atoms with E-state index in [4.69, 9.17) is 107 Å². The molecular formula is C88H217N9O17S6. The molecule has 0 aliphatic rings. The summed E-state index contributed by atoms with van der Waals surface area (Å²) in [6.07, 6.45) is 24.0. The molecule has 752 valence electrons. The average Bonchev–Trinajstić information content (AvgIpc) is 1.02. The van der Waals surface area contributed by atoms with Gasteiger partial charge in [-0.25, -0.2) is 0 Å². The minimum Gasteiger partial charge on any atom is -0.481 e. The fourth-order valence-corrected chi connectivity index (χ4v) is 7.37. The third kappa shape index (κ3) is 329. The van der Waals surface area contributed by atoms with Gasteiger partial charge in [-0.05, 0) is 207 Å². The van der Waals surface area contributed by atoms with Crippen LogP contribution in [-0.4, -0.2) is 368 Å². The highest BCUT2D eigenvalue weighted by Gasteiger charge is 2.00. The number of carboxylic acid groups (broad SMARTS) is 1. The van der Waals surface area contributed by atoms with Gasteiger partial charge in [-0.15, -0.1) is 0 Å². The van der Waals surface area contributed by atoms with Crippen LogP contribution in [0.4, 0.5) is 0 Å². The molecule has 1 unspecified atom stereocenters. The molecule has 1 atom stereocenters. The van der Waals surface area contributed by atoms with Crippen molar-refractivity contribution < 1.29 is 83.2 Å². The van der Waals surface area contributed by atoms with Crippen LogP contribution in [0.2, 0.25) is 0 Å². The first-order valence-electron chi connectivity index (χ1n) is 45.8. The molecule has 0 aromatic heterocycles. The number of aliphatic carboxylic acids is 1. The molecule has 0 spiro atoms. The topological polar surface area (TPSA) is 394 Å². The summed E-state index contributed by atoms with van der Waals surface area (Å²) in [6.45, 7) is 59.0. The molecule has 0 saturated heterocycles. The van der Waals surface area contributed by atoms with Gasteiger partial charge in [0.1, 0.15) is 0 Å². The molecule has 0 amide bonds. The fourth-order valence-electron chi connectivity index (χ4n) is 5.48. The molecule has 0 aromatic carbocycles. The van der Waals surface area contributed by atoms with E-state index in [1.54, 1.807) is 25.6 Å². The number of hydrogen-bond acceptors (Lipinski definition) is 31. The lowest BCUT2D eigenvalue weighted by molar-refractivity contribution is -0.136. The van der Waals surface area contributed by atoms with Crippen molar-refractivity contribution in [1.29, 1.82) is 0 Å². The zero-order valence-corrected chi connectivity index (χ0v) is 88.1. The Morgan fingerprint density at radius 2 is 0.625 bits per heavy atom. The van der Waals surface area contributed by atoms with Crippen molar-refractivity contribution in [3.05, 3.63) is 0 Å². The summed E-state index contributed by atoms with van der Waals surface area (Å²) in [6, 6.07) is 0. The Labute approximate surface area is 777 Å². The molecule has 0 aliphatic heterocycles. The molecule has 120 heavy (non-hydrogen) atoms. The zero-order chi connectivity index (χ0) is 95.6. The van der Waals surface area contributed by atoms with Gasteiger partial charge in [-0.2, -0.15) is 74.0 Å². The molecule has 18 N–H and O–H groups in total. The Morgan fingerprint density at radius 3 is 0.858 bits per heavy atom. The lowest BCUT2D eigenvalue weighted by Crippen LogP contribution is -2.33. The SMILES string of the molecule is CCC(=O)O.CCC(C)O.CCCCCCN.CCCN.CCCNCCCCCN.CCCO.CCCO.CCCOCCN.CCCOCCO.CCCOCCOCCN.CCCOCCOCCO.CCCOCCOCCS.CCCOCCS.CCCS.CCCSCCO.CCCSCCS.CN(C)CCN(C)CCN(C)C. The van der Waals surface area contributed by atoms with Crippen molar-refractivity contribution in [3.63, 3.8) is 0 Å². The van der Waals surface area contributed by atoms with E-state index in [0.29, 0.717) is 99.0 Å². The van der Waals surface area contributed by atoms with E-state index in [1.807, 2.05) is 39.5 Å². The predicted octanol–water partition coefficient (Wildman–Crippen LogP) is 13.9. The molecule has 26 nitrogen and oxygen atoms in total. The van der Waals surface area contributed by atoms with E-state index < -0.39 is 5.97 Å². The molecule has 0 heterocycles. The van der Waals surface area contributed by atoms with E-state index in [9.17, 15) is 4.79 Å². The van der Waals surface area contributed by atoms with Gasteiger partial charge in [-0.1, -0.05) is 136 Å². The van der Waals surface area contributed by atoms with Crippen molar-refractivity contribution in [3.8, 4) is 0 Å². The van der Waals surface area contributed by atoms with E-state index in [2.05, 4.69) is 182 Å². The quantitative estimate of drug-likeness (QED) is 0.0199. The van der Waals surface area contributed by atoms with Crippen LogP contribution in [0.5, 0.6) is 0 Å². The highest BCUT2D eigenvalue weighted by atomic mass is 32.2. The second-order valence-electron chi connectivity index (χ2n) is 26.0. The van der Waals surface area contributed by atoms with Gasteiger partial charge in [0.15, 0.2) is 0 Å². The van der Waals surface area contributed by atoms with Crippen molar-refractivity contribution in [1.82, 2.24) is 20.0 Å². The van der Waals surface area contributed by atoms with Gasteiger partial charge < -0.3 is 127 Å². The minimum absolute atomic E-state index is 0.0910. The monoisotopic (exact) mass is 1860 g/mol. The maximum atomic E-state index is 9.37. The smallest absolute Gasteiger partial charge is 0.303 e. The minimum atomic E-state index is -0.745. The highest BCUT2D eigenvalue weighted by molar-refractivity contribution is 8.00. The molecule has 0 aromatic rings. The number of nitrogens with zero attached hydrogens (tertiary/aromatic N) is 3. The first kappa shape index (κ1) is 161. The van der Waals surface area contributed by atoms with Crippen molar-refractivity contribution in [2.75, 3.05) is 305 Å². The second kappa shape index (κ2) is 201. The first-order valence-corrected chi connectivity index (χ1v) is 50.6. The van der Waals surface area contributed by atoms with Gasteiger partial charge >= 0.3 is 5.97 Å². The Balaban J connectivity index is -0.0000000632. The fraction of sp³-hybridized carbons (Fsp3) is 0.989. The zero-order valence-electron chi connectivity index (χ0n) is 82.9. The number of carbonyl (C=O) groups is 1. The van der Waals surface area contributed by atoms with Gasteiger partial charge in [0.25, 0.3) is 0 Å². The molecule has 0 fully saturated rings. The molecule has 0 bridgehead atoms. The molecule has 0 radical (unpaired) electrons. The Hall–Kier alpha value is 0.610. The van der Waals surface area contributed by atoms with Crippen LogP contribution in [0.3, 0.4) is 0 Å². The summed E-state index contributed by atoms with van der Waals surface area (Å²) in [5.74, 6) is 7.48. The van der Waals surface area contributed by atoms with Crippen LogP contribution in [0.1, 0.15) is 259 Å². The van der Waals surface area contributed by atoms with Crippen LogP contribution < -0.4 is 34.0 Å². The molecular weight excluding hydrogens is 1650 g/mol. The van der Waals surface area contributed by atoms with Gasteiger partial charge in [0.05, 0.1) is 105 Å². The number of rotatable bonds is 64. The van der Waals surface area contributed by atoms with Crippen LogP contribution >= 0.6 is 74.0 Å². The molecule has 0 rings (SSSR count). The summed E-state index contributed by atoms with van der Waals surface area (Å²) < 4.78 is 45.6. The van der Waals surface area contributed by atoms with E-state index in [1.165, 1.54) is 87.9 Å². The number of nitrogens with one attached hydrogen (secondary N) is 1. The number of hydrogen-bond donors (Lipinski definition) is 17. The Morgan fingerprint density at radius 1 is 0.325 bits per heavy atom. The predicted molar refractivity (Wildman–Crippen MR) is 547 cm³/mol. The third-order valence-corrected chi connectivity index (χ3v) is 15.8. The average molecular weight is 1870 g/mol. The number of aliphatic hydroxyl groups excluding tert-OH is 6. The second-order valence-corrected chi connectivity index (χ2v) is 30.2.